The Balaban J connectivity index is 1.96. The molecule has 21 heavy (non-hydrogen) atoms. The average molecular weight is 288 g/mol. The van der Waals surface area contributed by atoms with Crippen LogP contribution < -0.4 is 10.6 Å². The molecule has 0 saturated heterocycles. The molecule has 0 unspecified atom stereocenters. The quantitative estimate of drug-likeness (QED) is 0.881. The number of fused-ring (bicyclic) bond motifs is 1. The van der Waals surface area contributed by atoms with E-state index in [1.807, 2.05) is 0 Å². The number of carbonyl (C=O) groups excluding carboxylic acids is 2. The van der Waals surface area contributed by atoms with Crippen molar-refractivity contribution >= 4 is 17.5 Å². The maximum absolute atomic E-state index is 14.0. The van der Waals surface area contributed by atoms with Gasteiger partial charge in [0.2, 0.25) is 0 Å². The highest BCUT2D eigenvalue weighted by molar-refractivity contribution is 6.08. The van der Waals surface area contributed by atoms with Gasteiger partial charge in [-0.2, -0.15) is 4.39 Å². The van der Waals surface area contributed by atoms with Crippen molar-refractivity contribution < 1.29 is 14.0 Å². The molecule has 7 heteroatoms. The summed E-state index contributed by atoms with van der Waals surface area (Å²) in [5.74, 6) is -1.39. The Morgan fingerprint density at radius 1 is 1.57 bits per heavy atom. The molecule has 2 aromatic rings. The van der Waals surface area contributed by atoms with E-state index in [-0.39, 0.29) is 17.4 Å². The molecule has 0 saturated carbocycles. The zero-order chi connectivity index (χ0) is 15.0. The Bertz CT molecular complexity index is 711. The predicted molar refractivity (Wildman–Crippen MR) is 73.6 cm³/mol. The first kappa shape index (κ1) is 13.3. The zero-order valence-electron chi connectivity index (χ0n) is 11.3. The number of carbonyl (C=O) groups is 2. The molecule has 2 N–H and O–H groups in total. The number of nitrogens with one attached hydrogen (secondary N) is 2. The van der Waals surface area contributed by atoms with Crippen molar-refractivity contribution in [1.29, 1.82) is 0 Å². The second-order valence-electron chi connectivity index (χ2n) is 4.85. The summed E-state index contributed by atoms with van der Waals surface area (Å²) in [6, 6.07) is 4.16. The third kappa shape index (κ3) is 2.26. The van der Waals surface area contributed by atoms with Gasteiger partial charge >= 0.3 is 0 Å². The number of aromatic nitrogens is 2. The van der Waals surface area contributed by atoms with Crippen LogP contribution in [0.15, 0.2) is 30.6 Å². The topological polar surface area (TPSA) is 76.0 Å². The minimum absolute atomic E-state index is 0.128. The summed E-state index contributed by atoms with van der Waals surface area (Å²) in [5, 5.41) is 5.22. The van der Waals surface area contributed by atoms with Gasteiger partial charge in [0.25, 0.3) is 11.8 Å². The third-order valence-electron chi connectivity index (χ3n) is 3.38. The maximum Gasteiger partial charge on any atom is 0.270 e. The van der Waals surface area contributed by atoms with Gasteiger partial charge in [-0.1, -0.05) is 0 Å². The summed E-state index contributed by atoms with van der Waals surface area (Å²) in [6.45, 7) is 2.15. The molecule has 0 radical (unpaired) electrons. The average Bonchev–Trinajstić information content (AvgIpc) is 2.81. The van der Waals surface area contributed by atoms with Gasteiger partial charge in [-0.05, 0) is 19.1 Å². The van der Waals surface area contributed by atoms with E-state index in [0.717, 1.165) is 6.07 Å². The number of anilines is 1. The van der Waals surface area contributed by atoms with Gasteiger partial charge in [-0.25, -0.2) is 0 Å². The largest absolute Gasteiger partial charge is 0.349 e. The second kappa shape index (κ2) is 5.01. The van der Waals surface area contributed by atoms with E-state index in [1.54, 1.807) is 25.3 Å². The Morgan fingerprint density at radius 3 is 3.10 bits per heavy atom. The van der Waals surface area contributed by atoms with Gasteiger partial charge in [0, 0.05) is 25.0 Å². The van der Waals surface area contributed by atoms with Crippen LogP contribution >= 0.6 is 0 Å². The van der Waals surface area contributed by atoms with Gasteiger partial charge < -0.3 is 15.2 Å². The first-order valence-electron chi connectivity index (χ1n) is 6.48. The molecule has 2 amide bonds. The fraction of sp³-hybridized carbons (Fsp3) is 0.214. The van der Waals surface area contributed by atoms with Crippen molar-refractivity contribution in [1.82, 2.24) is 14.9 Å². The second-order valence-corrected chi connectivity index (χ2v) is 4.85. The highest BCUT2D eigenvalue weighted by Gasteiger charge is 2.29. The number of pyridine rings is 1. The first-order chi connectivity index (χ1) is 10.1. The normalized spacial score (nSPS) is 17.0. The molecule has 1 aliphatic heterocycles. The fourth-order valence-corrected chi connectivity index (χ4v) is 2.36. The van der Waals surface area contributed by atoms with E-state index in [0.29, 0.717) is 12.1 Å². The molecule has 0 spiro atoms. The van der Waals surface area contributed by atoms with E-state index in [2.05, 4.69) is 15.6 Å². The van der Waals surface area contributed by atoms with Crippen LogP contribution in [-0.4, -0.2) is 27.9 Å². The highest BCUT2D eigenvalue weighted by atomic mass is 19.1. The molecule has 1 aliphatic rings. The number of hydrogen-bond acceptors (Lipinski definition) is 3. The molecule has 0 fully saturated rings. The summed E-state index contributed by atoms with van der Waals surface area (Å²) in [4.78, 5) is 27.9. The molecule has 108 valence electrons. The van der Waals surface area contributed by atoms with Crippen LogP contribution in [-0.2, 0) is 0 Å². The first-order valence-corrected chi connectivity index (χ1v) is 6.48. The summed E-state index contributed by atoms with van der Waals surface area (Å²) < 4.78 is 15.3. The van der Waals surface area contributed by atoms with Gasteiger partial charge in [0.05, 0.1) is 17.3 Å². The lowest BCUT2D eigenvalue weighted by Crippen LogP contribution is -2.38. The minimum atomic E-state index is -0.547. The smallest absolute Gasteiger partial charge is 0.270 e. The van der Waals surface area contributed by atoms with E-state index in [4.69, 9.17) is 0 Å². The maximum atomic E-state index is 14.0. The Labute approximate surface area is 120 Å². The Kier molecular flexibility index (Phi) is 3.17. The van der Waals surface area contributed by atoms with Crippen LogP contribution in [0.5, 0.6) is 0 Å². The SMILES string of the molecule is C[C@H]1CNC(=O)c2c(NC(=O)c3cccnc3)cc(F)n21. The van der Waals surface area contributed by atoms with E-state index < -0.39 is 17.8 Å². The number of amides is 2. The Morgan fingerprint density at radius 2 is 2.38 bits per heavy atom. The molecule has 3 heterocycles. The number of nitrogens with zero attached hydrogens (tertiary/aromatic N) is 2. The predicted octanol–water partition coefficient (Wildman–Crippen LogP) is 1.58. The lowest BCUT2D eigenvalue weighted by atomic mass is 10.2. The fourth-order valence-electron chi connectivity index (χ4n) is 2.36. The lowest BCUT2D eigenvalue weighted by molar-refractivity contribution is 0.0914. The van der Waals surface area contributed by atoms with E-state index in [1.165, 1.54) is 10.8 Å². The van der Waals surface area contributed by atoms with Crippen LogP contribution in [0.4, 0.5) is 10.1 Å². The molecule has 3 rings (SSSR count). The number of halogens is 1. The van der Waals surface area contributed by atoms with E-state index >= 15 is 0 Å². The van der Waals surface area contributed by atoms with Crippen molar-refractivity contribution in [3.8, 4) is 0 Å². The zero-order valence-corrected chi connectivity index (χ0v) is 11.3. The van der Waals surface area contributed by atoms with Gasteiger partial charge in [0.15, 0.2) is 5.95 Å². The standard InChI is InChI=1S/C14H13FN4O2/c1-8-6-17-14(21)12-10(5-11(15)19(8)12)18-13(20)9-3-2-4-16-7-9/h2-5,7-8H,6H2,1H3,(H,17,21)(H,18,20)/t8-/m0/s1. The van der Waals surface area contributed by atoms with Crippen molar-refractivity contribution in [3.05, 3.63) is 47.8 Å². The monoisotopic (exact) mass is 288 g/mol. The van der Waals surface area contributed by atoms with Crippen LogP contribution in [0.3, 0.4) is 0 Å². The molecule has 2 aromatic heterocycles. The van der Waals surface area contributed by atoms with Crippen molar-refractivity contribution in [3.63, 3.8) is 0 Å². The van der Waals surface area contributed by atoms with Crippen LogP contribution in [0.2, 0.25) is 0 Å². The molecular formula is C14H13FN4O2. The molecule has 0 aromatic carbocycles. The van der Waals surface area contributed by atoms with Gasteiger partial charge in [-0.15, -0.1) is 0 Å². The molecular weight excluding hydrogens is 275 g/mol. The van der Waals surface area contributed by atoms with Gasteiger partial charge in [-0.3, -0.25) is 14.6 Å². The molecule has 1 atom stereocenters. The minimum Gasteiger partial charge on any atom is -0.349 e. The number of hydrogen-bond donors (Lipinski definition) is 2. The summed E-state index contributed by atoms with van der Waals surface area (Å²) in [7, 11) is 0. The van der Waals surface area contributed by atoms with E-state index in [9.17, 15) is 14.0 Å². The molecule has 0 aliphatic carbocycles. The summed E-state index contributed by atoms with van der Waals surface area (Å²) in [5.41, 5.74) is 0.621. The van der Waals surface area contributed by atoms with Crippen molar-refractivity contribution in [2.75, 3.05) is 11.9 Å². The molecule has 0 bridgehead atoms. The van der Waals surface area contributed by atoms with Gasteiger partial charge in [0.1, 0.15) is 5.69 Å². The van der Waals surface area contributed by atoms with Crippen LogP contribution in [0.25, 0.3) is 0 Å². The summed E-state index contributed by atoms with van der Waals surface area (Å²) >= 11 is 0. The molecule has 6 nitrogen and oxygen atoms in total. The number of rotatable bonds is 2. The van der Waals surface area contributed by atoms with Crippen LogP contribution in [0, 0.1) is 5.95 Å². The third-order valence-corrected chi connectivity index (χ3v) is 3.38. The highest BCUT2D eigenvalue weighted by Crippen LogP contribution is 2.27. The Hall–Kier alpha value is -2.70. The van der Waals surface area contributed by atoms with Crippen LogP contribution in [0.1, 0.15) is 33.8 Å². The van der Waals surface area contributed by atoms with Crippen molar-refractivity contribution in [2.24, 2.45) is 0 Å². The lowest BCUT2D eigenvalue weighted by Gasteiger charge is -2.24. The van der Waals surface area contributed by atoms with Crippen molar-refractivity contribution in [2.45, 2.75) is 13.0 Å². The summed E-state index contributed by atoms with van der Waals surface area (Å²) in [6.07, 6.45) is 2.95.